The summed E-state index contributed by atoms with van der Waals surface area (Å²) in [5.41, 5.74) is 3.74. The van der Waals surface area contributed by atoms with E-state index in [0.717, 1.165) is 16.3 Å². The Morgan fingerprint density at radius 1 is 1.11 bits per heavy atom. The van der Waals surface area contributed by atoms with Crippen LogP contribution in [0.15, 0.2) is 60.0 Å². The Morgan fingerprint density at radius 3 is 2.64 bits per heavy atom. The lowest BCUT2D eigenvalue weighted by Gasteiger charge is -2.13. The van der Waals surface area contributed by atoms with Crippen molar-refractivity contribution in [1.82, 2.24) is 9.55 Å². The fourth-order valence-corrected chi connectivity index (χ4v) is 3.57. The maximum atomic E-state index is 12.8. The normalized spacial score (nSPS) is 10.5. The Balaban J connectivity index is 1.74. The third-order valence-corrected chi connectivity index (χ3v) is 5.20. The Morgan fingerprint density at radius 2 is 1.93 bits per heavy atom. The van der Waals surface area contributed by atoms with Crippen molar-refractivity contribution in [2.24, 2.45) is 7.05 Å². The highest BCUT2D eigenvalue weighted by molar-refractivity contribution is 7.98. The number of nitrogens with zero attached hydrogens (tertiary/aromatic N) is 2. The van der Waals surface area contributed by atoms with Gasteiger partial charge >= 0.3 is 0 Å². The average molecular weight is 395 g/mol. The van der Waals surface area contributed by atoms with Crippen molar-refractivity contribution in [3.63, 3.8) is 0 Å². The summed E-state index contributed by atoms with van der Waals surface area (Å²) in [5.74, 6) is 0.307. The summed E-state index contributed by atoms with van der Waals surface area (Å²) < 4.78 is 1.96. The minimum absolute atomic E-state index is 0.187. The molecule has 1 heterocycles. The zero-order valence-corrected chi connectivity index (χ0v) is 16.8. The van der Waals surface area contributed by atoms with E-state index in [1.165, 1.54) is 6.92 Å². The summed E-state index contributed by atoms with van der Waals surface area (Å²) in [4.78, 5) is 28.5. The fraction of sp³-hybridized carbons (Fsp3) is 0.190. The van der Waals surface area contributed by atoms with Crippen molar-refractivity contribution in [2.75, 3.05) is 10.6 Å². The quantitative estimate of drug-likeness (QED) is 0.614. The molecule has 2 amide bonds. The van der Waals surface area contributed by atoms with Crippen LogP contribution in [0.5, 0.6) is 0 Å². The summed E-state index contributed by atoms with van der Waals surface area (Å²) in [6.45, 7) is 3.37. The number of nitrogens with one attached hydrogen (secondary N) is 2. The monoisotopic (exact) mass is 394 g/mol. The van der Waals surface area contributed by atoms with Gasteiger partial charge in [0, 0.05) is 37.7 Å². The van der Waals surface area contributed by atoms with Crippen LogP contribution in [0, 0.1) is 6.92 Å². The maximum absolute atomic E-state index is 12.8. The number of thioether (sulfide) groups is 1. The van der Waals surface area contributed by atoms with Gasteiger partial charge in [-0.25, -0.2) is 4.98 Å². The van der Waals surface area contributed by atoms with E-state index in [2.05, 4.69) is 15.6 Å². The summed E-state index contributed by atoms with van der Waals surface area (Å²) in [5, 5.41) is 6.57. The van der Waals surface area contributed by atoms with E-state index in [4.69, 9.17) is 0 Å². The Labute approximate surface area is 168 Å². The molecule has 0 spiro atoms. The van der Waals surface area contributed by atoms with E-state index in [0.29, 0.717) is 22.7 Å². The van der Waals surface area contributed by atoms with Crippen LogP contribution in [-0.4, -0.2) is 21.4 Å². The molecule has 0 saturated heterocycles. The van der Waals surface area contributed by atoms with Crippen LogP contribution < -0.4 is 10.6 Å². The number of carbonyl (C=O) groups is 2. The van der Waals surface area contributed by atoms with Crippen LogP contribution in [0.4, 0.5) is 11.4 Å². The van der Waals surface area contributed by atoms with Gasteiger partial charge in [-0.1, -0.05) is 30.0 Å². The van der Waals surface area contributed by atoms with Crippen LogP contribution in [0.2, 0.25) is 0 Å². The number of imidazole rings is 1. The third-order valence-electron chi connectivity index (χ3n) is 4.07. The Kier molecular flexibility index (Phi) is 6.16. The second kappa shape index (κ2) is 8.75. The maximum Gasteiger partial charge on any atom is 0.255 e. The van der Waals surface area contributed by atoms with Gasteiger partial charge in [0.25, 0.3) is 5.91 Å². The van der Waals surface area contributed by atoms with Gasteiger partial charge in [0.1, 0.15) is 0 Å². The molecular formula is C21H22N4O2S. The first-order valence-corrected chi connectivity index (χ1v) is 9.79. The Bertz CT molecular complexity index is 1010. The number of benzene rings is 2. The molecule has 2 N–H and O–H groups in total. The standard InChI is InChI=1S/C21H22N4O2S/c1-14-7-8-18(23-15(2)26)19(11-14)24-20(27)17-6-4-5-16(12-17)13-28-21-22-9-10-25(21)3/h4-12H,13H2,1-3H3,(H,23,26)(H,24,27). The number of aryl methyl sites for hydroxylation is 2. The molecule has 7 heteroatoms. The first-order valence-electron chi connectivity index (χ1n) is 8.81. The number of carbonyl (C=O) groups excluding carboxylic acids is 2. The smallest absolute Gasteiger partial charge is 0.255 e. The molecule has 0 aliphatic heterocycles. The highest BCUT2D eigenvalue weighted by Gasteiger charge is 2.11. The van der Waals surface area contributed by atoms with Crippen molar-refractivity contribution in [3.05, 3.63) is 71.5 Å². The summed E-state index contributed by atoms with van der Waals surface area (Å²) in [6, 6.07) is 13.0. The lowest BCUT2D eigenvalue weighted by atomic mass is 10.1. The van der Waals surface area contributed by atoms with Crippen LogP contribution in [0.3, 0.4) is 0 Å². The molecule has 6 nitrogen and oxygen atoms in total. The lowest BCUT2D eigenvalue weighted by molar-refractivity contribution is -0.114. The van der Waals surface area contributed by atoms with E-state index in [1.807, 2.05) is 55.1 Å². The highest BCUT2D eigenvalue weighted by atomic mass is 32.2. The first-order chi connectivity index (χ1) is 13.4. The van der Waals surface area contributed by atoms with Gasteiger partial charge in [-0.3, -0.25) is 9.59 Å². The number of amides is 2. The fourth-order valence-electron chi connectivity index (χ4n) is 2.70. The van der Waals surface area contributed by atoms with E-state index in [-0.39, 0.29) is 11.8 Å². The highest BCUT2D eigenvalue weighted by Crippen LogP contribution is 2.25. The second-order valence-corrected chi connectivity index (χ2v) is 7.44. The molecule has 0 aliphatic rings. The zero-order valence-electron chi connectivity index (χ0n) is 16.0. The van der Waals surface area contributed by atoms with Crippen molar-refractivity contribution >= 4 is 35.0 Å². The lowest BCUT2D eigenvalue weighted by Crippen LogP contribution is -2.15. The van der Waals surface area contributed by atoms with Crippen LogP contribution >= 0.6 is 11.8 Å². The summed E-state index contributed by atoms with van der Waals surface area (Å²) >= 11 is 1.62. The van der Waals surface area contributed by atoms with E-state index in [1.54, 1.807) is 30.1 Å². The number of hydrogen-bond donors (Lipinski definition) is 2. The third kappa shape index (κ3) is 5.01. The molecule has 0 aliphatic carbocycles. The van der Waals surface area contributed by atoms with Gasteiger partial charge < -0.3 is 15.2 Å². The van der Waals surface area contributed by atoms with Crippen LogP contribution in [0.1, 0.15) is 28.4 Å². The molecule has 0 bridgehead atoms. The van der Waals surface area contributed by atoms with Gasteiger partial charge in [-0.05, 0) is 42.3 Å². The van der Waals surface area contributed by atoms with Crippen molar-refractivity contribution in [2.45, 2.75) is 24.8 Å². The van der Waals surface area contributed by atoms with Crippen LogP contribution in [-0.2, 0) is 17.6 Å². The molecule has 2 aromatic carbocycles. The van der Waals surface area contributed by atoms with Crippen molar-refractivity contribution < 1.29 is 9.59 Å². The van der Waals surface area contributed by atoms with Gasteiger partial charge in [-0.2, -0.15) is 0 Å². The molecule has 0 atom stereocenters. The van der Waals surface area contributed by atoms with Crippen LogP contribution in [0.25, 0.3) is 0 Å². The predicted octanol–water partition coefficient (Wildman–Crippen LogP) is 4.23. The molecule has 0 radical (unpaired) electrons. The number of rotatable bonds is 6. The van der Waals surface area contributed by atoms with E-state index in [9.17, 15) is 9.59 Å². The molecule has 0 saturated carbocycles. The average Bonchev–Trinajstić information content (AvgIpc) is 3.07. The van der Waals surface area contributed by atoms with Crippen molar-refractivity contribution in [3.8, 4) is 0 Å². The number of hydrogen-bond acceptors (Lipinski definition) is 4. The topological polar surface area (TPSA) is 76.0 Å². The number of anilines is 2. The molecular weight excluding hydrogens is 372 g/mol. The van der Waals surface area contributed by atoms with Crippen molar-refractivity contribution in [1.29, 1.82) is 0 Å². The largest absolute Gasteiger partial charge is 0.329 e. The molecule has 0 unspecified atom stereocenters. The molecule has 144 valence electrons. The van der Waals surface area contributed by atoms with Gasteiger partial charge in [0.15, 0.2) is 5.16 Å². The molecule has 3 rings (SSSR count). The summed E-state index contributed by atoms with van der Waals surface area (Å²) in [7, 11) is 1.95. The van der Waals surface area contributed by atoms with Gasteiger partial charge in [-0.15, -0.1) is 0 Å². The summed E-state index contributed by atoms with van der Waals surface area (Å²) in [6.07, 6.45) is 3.67. The molecule has 28 heavy (non-hydrogen) atoms. The Hall–Kier alpha value is -3.06. The number of aromatic nitrogens is 2. The van der Waals surface area contributed by atoms with E-state index < -0.39 is 0 Å². The molecule has 0 fully saturated rings. The SMILES string of the molecule is CC(=O)Nc1ccc(C)cc1NC(=O)c1cccc(CSc2nccn2C)c1. The van der Waals surface area contributed by atoms with Gasteiger partial charge in [0.05, 0.1) is 11.4 Å². The van der Waals surface area contributed by atoms with E-state index >= 15 is 0 Å². The predicted molar refractivity (Wildman–Crippen MR) is 113 cm³/mol. The minimum Gasteiger partial charge on any atom is -0.329 e. The molecule has 1 aromatic heterocycles. The second-order valence-electron chi connectivity index (χ2n) is 6.49. The minimum atomic E-state index is -0.221. The molecule has 3 aromatic rings. The van der Waals surface area contributed by atoms with Gasteiger partial charge in [0.2, 0.25) is 5.91 Å². The first kappa shape index (κ1) is 19.7. The zero-order chi connectivity index (χ0) is 20.1.